The smallest absolute Gasteiger partial charge is 0.0324 e. The molecule has 1 aliphatic rings. The van der Waals surface area contributed by atoms with E-state index in [0.29, 0.717) is 0 Å². The van der Waals surface area contributed by atoms with Crippen LogP contribution in [0.4, 0.5) is 0 Å². The third-order valence-electron chi connectivity index (χ3n) is 14.7. The van der Waals surface area contributed by atoms with Crippen molar-refractivity contribution in [2.75, 3.05) is 0 Å². The summed E-state index contributed by atoms with van der Waals surface area (Å²) >= 11 is 0. The summed E-state index contributed by atoms with van der Waals surface area (Å²) in [6.45, 7) is 14.9. The van der Waals surface area contributed by atoms with Crippen molar-refractivity contribution in [2.24, 2.45) is 10.8 Å². The summed E-state index contributed by atoms with van der Waals surface area (Å²) in [5.41, 5.74) is 12.8. The van der Waals surface area contributed by atoms with Crippen molar-refractivity contribution >= 4 is 64.6 Å². The predicted molar refractivity (Wildman–Crippen MR) is 273 cm³/mol. The van der Waals surface area contributed by atoms with Crippen molar-refractivity contribution in [1.29, 1.82) is 0 Å². The molecule has 0 fully saturated rings. The summed E-state index contributed by atoms with van der Waals surface area (Å²) in [5.74, 6) is 0. The largest absolute Gasteiger partial charge is 0.0616 e. The quantitative estimate of drug-likeness (QED) is 0.123. The van der Waals surface area contributed by atoms with Crippen LogP contribution in [0, 0.1) is 10.8 Å². The molecule has 0 nitrogen and oxygen atoms in total. The highest BCUT2D eigenvalue weighted by atomic mass is 14.6. The minimum absolute atomic E-state index is 0.115. The Balaban J connectivity index is 1.11. The molecular formula is C63H50. The first-order valence-electron chi connectivity index (χ1n) is 22.6. The van der Waals surface area contributed by atoms with Gasteiger partial charge in [-0.25, -0.2) is 0 Å². The van der Waals surface area contributed by atoms with Crippen LogP contribution in [-0.2, 0) is 5.41 Å². The van der Waals surface area contributed by atoms with Crippen LogP contribution in [0.1, 0.15) is 52.7 Å². The predicted octanol–water partition coefficient (Wildman–Crippen LogP) is 18.0. The highest BCUT2D eigenvalue weighted by Gasteiger charge is 2.59. The van der Waals surface area contributed by atoms with Crippen LogP contribution in [0.2, 0.25) is 0 Å². The number of fused-ring (bicyclic) bond motifs is 13. The molecule has 0 saturated heterocycles. The van der Waals surface area contributed by atoms with E-state index in [1.54, 1.807) is 0 Å². The van der Waals surface area contributed by atoms with E-state index in [0.717, 1.165) is 0 Å². The van der Waals surface area contributed by atoms with Gasteiger partial charge >= 0.3 is 0 Å². The summed E-state index contributed by atoms with van der Waals surface area (Å²) < 4.78 is 0. The number of benzene rings is 11. The molecule has 0 aliphatic heterocycles. The molecule has 11 aromatic rings. The molecule has 0 aromatic heterocycles. The maximum atomic E-state index is 2.49. The zero-order valence-electron chi connectivity index (χ0n) is 37.0. The van der Waals surface area contributed by atoms with Crippen LogP contribution < -0.4 is 0 Å². The molecule has 0 radical (unpaired) electrons. The first kappa shape index (κ1) is 37.7. The average Bonchev–Trinajstić information content (AvgIpc) is 3.65. The summed E-state index contributed by atoms with van der Waals surface area (Å²) in [4.78, 5) is 0. The van der Waals surface area contributed by atoms with Crippen LogP contribution in [-0.4, -0.2) is 0 Å². The molecule has 0 heterocycles. The molecule has 0 bridgehead atoms. The van der Waals surface area contributed by atoms with Crippen LogP contribution in [0.15, 0.2) is 194 Å². The number of hydrogen-bond donors (Lipinski definition) is 0. The topological polar surface area (TPSA) is 0 Å². The fourth-order valence-electron chi connectivity index (χ4n) is 12.7. The second kappa shape index (κ2) is 13.5. The normalized spacial score (nSPS) is 13.7. The van der Waals surface area contributed by atoms with Crippen LogP contribution in [0.3, 0.4) is 0 Å². The first-order valence-corrected chi connectivity index (χ1v) is 22.6. The van der Waals surface area contributed by atoms with E-state index in [1.165, 1.54) is 120 Å². The lowest BCUT2D eigenvalue weighted by atomic mass is 9.49. The van der Waals surface area contributed by atoms with Gasteiger partial charge in [-0.2, -0.15) is 0 Å². The monoisotopic (exact) mass is 806 g/mol. The summed E-state index contributed by atoms with van der Waals surface area (Å²) in [5, 5.41) is 15.6. The average molecular weight is 807 g/mol. The van der Waals surface area contributed by atoms with E-state index in [-0.39, 0.29) is 16.2 Å². The lowest BCUT2D eigenvalue weighted by Gasteiger charge is -2.54. The zero-order chi connectivity index (χ0) is 42.8. The van der Waals surface area contributed by atoms with Gasteiger partial charge in [0.15, 0.2) is 0 Å². The fourth-order valence-corrected chi connectivity index (χ4v) is 12.7. The minimum Gasteiger partial charge on any atom is -0.0616 e. The summed E-state index contributed by atoms with van der Waals surface area (Å²) in [7, 11) is 0. The van der Waals surface area contributed by atoms with Gasteiger partial charge in [-0.3, -0.25) is 0 Å². The Kier molecular flexibility index (Phi) is 8.08. The maximum absolute atomic E-state index is 2.49. The van der Waals surface area contributed by atoms with Gasteiger partial charge in [0.1, 0.15) is 0 Å². The van der Waals surface area contributed by atoms with Gasteiger partial charge in [-0.15, -0.1) is 0 Å². The van der Waals surface area contributed by atoms with Gasteiger partial charge in [0.25, 0.3) is 0 Å². The highest BCUT2D eigenvalue weighted by molar-refractivity contribution is 6.23. The number of hydrogen-bond acceptors (Lipinski definition) is 0. The zero-order valence-corrected chi connectivity index (χ0v) is 37.0. The van der Waals surface area contributed by atoms with E-state index in [9.17, 15) is 0 Å². The first-order chi connectivity index (χ1) is 30.6. The molecule has 0 amide bonds. The molecule has 0 unspecified atom stereocenters. The van der Waals surface area contributed by atoms with Crippen LogP contribution in [0.5, 0.6) is 0 Å². The van der Waals surface area contributed by atoms with E-state index >= 15 is 0 Å². The molecule has 0 atom stereocenters. The molecule has 0 spiro atoms. The van der Waals surface area contributed by atoms with Gasteiger partial charge in [-0.1, -0.05) is 224 Å². The Morgan fingerprint density at radius 1 is 0.270 bits per heavy atom. The van der Waals surface area contributed by atoms with Crippen molar-refractivity contribution in [3.8, 4) is 44.5 Å². The maximum Gasteiger partial charge on any atom is 0.0324 e. The summed E-state index contributed by atoms with van der Waals surface area (Å²) in [6.07, 6.45) is 0. The highest BCUT2D eigenvalue weighted by Crippen LogP contribution is 2.68. The Hall–Kier alpha value is -7.02. The van der Waals surface area contributed by atoms with E-state index in [1.807, 2.05) is 0 Å². The van der Waals surface area contributed by atoms with Gasteiger partial charge in [0.2, 0.25) is 0 Å². The lowest BCUT2D eigenvalue weighted by Crippen LogP contribution is -2.50. The summed E-state index contributed by atoms with van der Waals surface area (Å²) in [6, 6.07) is 73.2. The van der Waals surface area contributed by atoms with Gasteiger partial charge in [0, 0.05) is 5.41 Å². The van der Waals surface area contributed by atoms with E-state index in [4.69, 9.17) is 0 Å². The second-order valence-electron chi connectivity index (χ2n) is 20.0. The van der Waals surface area contributed by atoms with Crippen molar-refractivity contribution in [3.63, 3.8) is 0 Å². The SMILES string of the molecule is CC(C)(C)C1(C(C)(C)C)c2c(ccc3cc(-c4c5ccccc5c(-c5cccc(-c6cccc7ccccc67)c5)c5ccccc45)ccc23)-c2c1c1ccccc1c1ccccc21. The second-order valence-corrected chi connectivity index (χ2v) is 20.0. The Morgan fingerprint density at radius 3 is 1.33 bits per heavy atom. The van der Waals surface area contributed by atoms with Crippen LogP contribution in [0.25, 0.3) is 109 Å². The molecule has 1 aliphatic carbocycles. The molecule has 302 valence electrons. The lowest BCUT2D eigenvalue weighted by molar-refractivity contribution is 0.0977. The van der Waals surface area contributed by atoms with E-state index in [2.05, 4.69) is 236 Å². The third-order valence-corrected chi connectivity index (χ3v) is 14.7. The van der Waals surface area contributed by atoms with Gasteiger partial charge in [0.05, 0.1) is 0 Å². The Labute approximate surface area is 370 Å². The molecule has 11 aromatic carbocycles. The van der Waals surface area contributed by atoms with Crippen molar-refractivity contribution in [1.82, 2.24) is 0 Å². The standard InChI is InChI=1S/C63H50/c1-61(2,3)63(62(4,5)6)59-46-35-34-43(38-41(46)33-36-55(59)58-49-26-11-9-24-47(49)48-25-10-16-31-54(48)60(58)63)57-52-29-14-12-27-50(52)56(51-28-13-15-30-53(51)57)42-22-17-21-40(37-42)45-32-18-20-39-19-7-8-23-44(39)45/h7-38H,1-6H3. The molecule has 12 rings (SSSR count). The molecule has 0 heteroatoms. The van der Waals surface area contributed by atoms with Gasteiger partial charge in [-0.05, 0) is 143 Å². The van der Waals surface area contributed by atoms with Crippen LogP contribution >= 0.6 is 0 Å². The van der Waals surface area contributed by atoms with Crippen molar-refractivity contribution < 1.29 is 0 Å². The third kappa shape index (κ3) is 5.22. The minimum atomic E-state index is -0.295. The molecular weight excluding hydrogens is 757 g/mol. The van der Waals surface area contributed by atoms with Crippen molar-refractivity contribution in [2.45, 2.75) is 47.0 Å². The Bertz CT molecular complexity index is 3620. The van der Waals surface area contributed by atoms with E-state index < -0.39 is 0 Å². The molecule has 0 saturated carbocycles. The fraction of sp³-hybridized carbons (Fsp3) is 0.143. The van der Waals surface area contributed by atoms with Gasteiger partial charge < -0.3 is 0 Å². The molecule has 0 N–H and O–H groups in total. The number of rotatable bonds is 3. The van der Waals surface area contributed by atoms with Crippen molar-refractivity contribution in [3.05, 3.63) is 205 Å². The Morgan fingerprint density at radius 2 is 0.730 bits per heavy atom. The molecule has 63 heavy (non-hydrogen) atoms.